The van der Waals surface area contributed by atoms with Gasteiger partial charge in [0.15, 0.2) is 0 Å². The highest BCUT2D eigenvalue weighted by Crippen LogP contribution is 2.37. The molecule has 1 aliphatic carbocycles. The summed E-state index contributed by atoms with van der Waals surface area (Å²) in [6.07, 6.45) is 4.39. The fraction of sp³-hybridized carbons (Fsp3) is 0.500. The zero-order valence-corrected chi connectivity index (χ0v) is 13.3. The number of ether oxygens (including phenoxy) is 1. The Labute approximate surface area is 123 Å². The van der Waals surface area contributed by atoms with Gasteiger partial charge in [0.2, 0.25) is 0 Å². The van der Waals surface area contributed by atoms with Crippen LogP contribution in [-0.4, -0.2) is 18.3 Å². The molecule has 19 heavy (non-hydrogen) atoms. The Balaban J connectivity index is 2.23. The van der Waals surface area contributed by atoms with E-state index in [1.807, 2.05) is 18.2 Å². The number of aliphatic hydroxyl groups excluding tert-OH is 1. The quantitative estimate of drug-likeness (QED) is 0.848. The van der Waals surface area contributed by atoms with Crippen LogP contribution in [0.4, 0.5) is 0 Å². The van der Waals surface area contributed by atoms with Crippen LogP contribution in [0.5, 0.6) is 5.75 Å². The summed E-state index contributed by atoms with van der Waals surface area (Å²) in [6, 6.07) is 6.05. The van der Waals surface area contributed by atoms with Crippen LogP contribution in [0, 0.1) is 5.41 Å². The third kappa shape index (κ3) is 3.83. The number of halogens is 1. The van der Waals surface area contributed by atoms with Crippen molar-refractivity contribution in [2.24, 2.45) is 5.41 Å². The molecule has 1 unspecified atom stereocenters. The number of rotatable bonds is 3. The third-order valence-corrected chi connectivity index (χ3v) is 4.05. The van der Waals surface area contributed by atoms with E-state index < -0.39 is 0 Å². The number of allylic oxidation sites excluding steroid dienone is 1. The first-order valence-electron chi connectivity index (χ1n) is 6.60. The molecule has 1 aromatic carbocycles. The van der Waals surface area contributed by atoms with E-state index in [2.05, 4.69) is 35.8 Å². The molecule has 0 aliphatic heterocycles. The summed E-state index contributed by atoms with van der Waals surface area (Å²) in [5.74, 6) is 0.905. The molecule has 0 bridgehead atoms. The lowest BCUT2D eigenvalue weighted by Gasteiger charge is -2.32. The molecule has 0 heterocycles. The van der Waals surface area contributed by atoms with Crippen LogP contribution in [0.15, 0.2) is 34.3 Å². The average molecular weight is 325 g/mol. The van der Waals surface area contributed by atoms with E-state index in [-0.39, 0.29) is 11.5 Å². The van der Waals surface area contributed by atoms with Crippen molar-refractivity contribution in [2.45, 2.75) is 39.2 Å². The van der Waals surface area contributed by atoms with Crippen LogP contribution in [0.2, 0.25) is 0 Å². The van der Waals surface area contributed by atoms with Crippen molar-refractivity contribution in [3.8, 4) is 5.75 Å². The molecular weight excluding hydrogens is 304 g/mol. The van der Waals surface area contributed by atoms with Gasteiger partial charge in [0.05, 0.1) is 13.2 Å². The van der Waals surface area contributed by atoms with Gasteiger partial charge >= 0.3 is 0 Å². The molecule has 0 fully saturated rings. The van der Waals surface area contributed by atoms with Crippen molar-refractivity contribution in [3.05, 3.63) is 39.9 Å². The Morgan fingerprint density at radius 3 is 2.79 bits per heavy atom. The second kappa shape index (κ2) is 5.68. The SMILES string of the molecule is COc1ccc(Br)cc1CC1=CC(O)CC(C)(C)C1. The lowest BCUT2D eigenvalue weighted by Crippen LogP contribution is -2.25. The Bertz CT molecular complexity index is 492. The molecule has 0 radical (unpaired) electrons. The Kier molecular flexibility index (Phi) is 4.36. The zero-order chi connectivity index (χ0) is 14.0. The molecule has 0 saturated heterocycles. The maximum Gasteiger partial charge on any atom is 0.122 e. The summed E-state index contributed by atoms with van der Waals surface area (Å²) in [4.78, 5) is 0. The monoisotopic (exact) mass is 324 g/mol. The standard InChI is InChI=1S/C16H21BrO2/c1-16(2)9-11(7-14(18)10-16)6-12-8-13(17)4-5-15(12)19-3/h4-5,7-8,14,18H,6,9-10H2,1-3H3. The molecule has 0 saturated carbocycles. The highest BCUT2D eigenvalue weighted by Gasteiger charge is 2.27. The molecule has 2 nitrogen and oxygen atoms in total. The molecule has 1 aliphatic rings. The lowest BCUT2D eigenvalue weighted by molar-refractivity contribution is 0.138. The summed E-state index contributed by atoms with van der Waals surface area (Å²) in [5.41, 5.74) is 2.62. The van der Waals surface area contributed by atoms with Gasteiger partial charge in [-0.1, -0.05) is 41.4 Å². The molecule has 0 amide bonds. The van der Waals surface area contributed by atoms with Crippen molar-refractivity contribution < 1.29 is 9.84 Å². The van der Waals surface area contributed by atoms with Gasteiger partial charge in [0.1, 0.15) is 5.75 Å². The van der Waals surface area contributed by atoms with Gasteiger partial charge in [-0.3, -0.25) is 0 Å². The number of hydrogen-bond acceptors (Lipinski definition) is 2. The predicted molar refractivity (Wildman–Crippen MR) is 81.5 cm³/mol. The maximum absolute atomic E-state index is 9.96. The van der Waals surface area contributed by atoms with Gasteiger partial charge in [-0.25, -0.2) is 0 Å². The smallest absolute Gasteiger partial charge is 0.122 e. The summed E-state index contributed by atoms with van der Waals surface area (Å²) < 4.78 is 6.47. The van der Waals surface area contributed by atoms with Crippen LogP contribution < -0.4 is 4.74 Å². The lowest BCUT2D eigenvalue weighted by atomic mass is 9.75. The van der Waals surface area contributed by atoms with Gasteiger partial charge in [0.25, 0.3) is 0 Å². The van der Waals surface area contributed by atoms with Crippen molar-refractivity contribution in [1.29, 1.82) is 0 Å². The highest BCUT2D eigenvalue weighted by atomic mass is 79.9. The van der Waals surface area contributed by atoms with E-state index in [4.69, 9.17) is 4.74 Å². The van der Waals surface area contributed by atoms with Gasteiger partial charge in [-0.05, 0) is 48.4 Å². The minimum atomic E-state index is -0.322. The van der Waals surface area contributed by atoms with Crippen molar-refractivity contribution in [1.82, 2.24) is 0 Å². The topological polar surface area (TPSA) is 29.5 Å². The molecular formula is C16H21BrO2. The van der Waals surface area contributed by atoms with E-state index >= 15 is 0 Å². The number of methoxy groups -OCH3 is 1. The second-order valence-electron chi connectivity index (χ2n) is 6.07. The van der Waals surface area contributed by atoms with Gasteiger partial charge in [0, 0.05) is 4.47 Å². The normalized spacial score (nSPS) is 21.9. The van der Waals surface area contributed by atoms with Crippen LogP contribution in [0.3, 0.4) is 0 Å². The first-order valence-corrected chi connectivity index (χ1v) is 7.39. The van der Waals surface area contributed by atoms with Gasteiger partial charge in [-0.15, -0.1) is 0 Å². The fourth-order valence-corrected chi connectivity index (χ4v) is 3.30. The number of aliphatic hydroxyl groups is 1. The van der Waals surface area contributed by atoms with Crippen molar-refractivity contribution in [2.75, 3.05) is 7.11 Å². The van der Waals surface area contributed by atoms with E-state index in [9.17, 15) is 5.11 Å². The van der Waals surface area contributed by atoms with Gasteiger partial charge in [-0.2, -0.15) is 0 Å². The fourth-order valence-electron chi connectivity index (χ4n) is 2.89. The molecule has 1 atom stereocenters. The van der Waals surface area contributed by atoms with Gasteiger partial charge < -0.3 is 9.84 Å². The Morgan fingerprint density at radius 1 is 1.42 bits per heavy atom. The molecule has 0 spiro atoms. The maximum atomic E-state index is 9.96. The number of hydrogen-bond donors (Lipinski definition) is 1. The van der Waals surface area contributed by atoms with E-state index in [0.717, 1.165) is 35.0 Å². The molecule has 0 aromatic heterocycles. The highest BCUT2D eigenvalue weighted by molar-refractivity contribution is 9.10. The second-order valence-corrected chi connectivity index (χ2v) is 6.99. The number of benzene rings is 1. The van der Waals surface area contributed by atoms with Crippen LogP contribution in [-0.2, 0) is 6.42 Å². The average Bonchev–Trinajstić information content (AvgIpc) is 2.26. The predicted octanol–water partition coefficient (Wildman–Crippen LogP) is 4.11. The first-order chi connectivity index (χ1) is 8.89. The molecule has 104 valence electrons. The van der Waals surface area contributed by atoms with Crippen molar-refractivity contribution >= 4 is 15.9 Å². The molecule has 3 heteroatoms. The van der Waals surface area contributed by atoms with E-state index in [0.29, 0.717) is 0 Å². The first kappa shape index (κ1) is 14.6. The molecule has 2 rings (SSSR count). The van der Waals surface area contributed by atoms with Crippen molar-refractivity contribution in [3.63, 3.8) is 0 Å². The van der Waals surface area contributed by atoms with E-state index in [1.165, 1.54) is 5.57 Å². The van der Waals surface area contributed by atoms with E-state index in [1.54, 1.807) is 7.11 Å². The Hall–Kier alpha value is -0.800. The minimum Gasteiger partial charge on any atom is -0.496 e. The van der Waals surface area contributed by atoms with Crippen LogP contribution in [0.1, 0.15) is 32.3 Å². The third-order valence-electron chi connectivity index (χ3n) is 3.56. The summed E-state index contributed by atoms with van der Waals surface area (Å²) >= 11 is 3.50. The van der Waals surface area contributed by atoms with Crippen LogP contribution >= 0.6 is 15.9 Å². The summed E-state index contributed by atoms with van der Waals surface area (Å²) in [7, 11) is 1.70. The Morgan fingerprint density at radius 2 is 2.16 bits per heavy atom. The molecule has 1 N–H and O–H groups in total. The molecule has 1 aromatic rings. The summed E-state index contributed by atoms with van der Waals surface area (Å²) in [5, 5.41) is 9.96. The minimum absolute atomic E-state index is 0.169. The largest absolute Gasteiger partial charge is 0.496 e. The zero-order valence-electron chi connectivity index (χ0n) is 11.7. The summed E-state index contributed by atoms with van der Waals surface area (Å²) in [6.45, 7) is 4.42. The van der Waals surface area contributed by atoms with Crippen LogP contribution in [0.25, 0.3) is 0 Å².